The highest BCUT2D eigenvalue weighted by atomic mass is 19.2. The van der Waals surface area contributed by atoms with Gasteiger partial charge in [-0.05, 0) is 24.6 Å². The van der Waals surface area contributed by atoms with E-state index >= 15 is 0 Å². The highest BCUT2D eigenvalue weighted by molar-refractivity contribution is 5.89. The number of nitrogens with one attached hydrogen (secondary N) is 1. The smallest absolute Gasteiger partial charge is 0.335 e. The molecule has 2 aromatic carbocycles. The summed E-state index contributed by atoms with van der Waals surface area (Å²) in [5, 5.41) is 26.8. The Morgan fingerprint density at radius 3 is 2.41 bits per heavy atom. The third-order valence-electron chi connectivity index (χ3n) is 6.92. The normalized spacial score (nSPS) is 21.2. The number of halogens is 3. The average molecular weight is 515 g/mol. The van der Waals surface area contributed by atoms with Crippen LogP contribution in [0.2, 0.25) is 0 Å². The Hall–Kier alpha value is -4.06. The first kappa shape index (κ1) is 24.6. The minimum atomic E-state index is -1.61. The van der Waals surface area contributed by atoms with Crippen molar-refractivity contribution in [1.29, 1.82) is 0 Å². The third kappa shape index (κ3) is 4.59. The molecule has 0 spiro atoms. The Morgan fingerprint density at radius 2 is 1.76 bits per heavy atom. The molecule has 3 N–H and O–H groups in total. The van der Waals surface area contributed by atoms with Gasteiger partial charge in [-0.3, -0.25) is 4.68 Å². The lowest BCUT2D eigenvalue weighted by Crippen LogP contribution is -2.47. The highest BCUT2D eigenvalue weighted by Gasteiger charge is 2.37. The lowest BCUT2D eigenvalue weighted by Gasteiger charge is -2.35. The number of rotatable bonds is 4. The largest absolute Gasteiger partial charge is 0.478 e. The third-order valence-corrected chi connectivity index (χ3v) is 6.92. The van der Waals surface area contributed by atoms with Gasteiger partial charge in [0.25, 0.3) is 0 Å². The molecule has 194 valence electrons. The molecule has 3 atom stereocenters. The number of amides is 2. The Labute approximate surface area is 209 Å². The second kappa shape index (κ2) is 9.43. The first-order valence-electron chi connectivity index (χ1n) is 11.7. The first-order chi connectivity index (χ1) is 17.6. The number of carboxylic acid groups (broad SMARTS) is 1. The van der Waals surface area contributed by atoms with Crippen LogP contribution in [0.15, 0.2) is 42.6 Å². The zero-order chi connectivity index (χ0) is 26.4. The summed E-state index contributed by atoms with van der Waals surface area (Å²) in [4.78, 5) is 27.4. The number of benzene rings is 2. The van der Waals surface area contributed by atoms with E-state index in [0.29, 0.717) is 43.0 Å². The van der Waals surface area contributed by atoms with Crippen LogP contribution in [0.5, 0.6) is 0 Å². The number of aromatic carboxylic acids is 1. The fourth-order valence-electron chi connectivity index (χ4n) is 4.94. The van der Waals surface area contributed by atoms with Crippen molar-refractivity contribution in [3.8, 4) is 0 Å². The van der Waals surface area contributed by atoms with Crippen molar-refractivity contribution in [1.82, 2.24) is 14.7 Å². The van der Waals surface area contributed by atoms with Crippen molar-refractivity contribution < 1.29 is 33.0 Å². The van der Waals surface area contributed by atoms with E-state index in [9.17, 15) is 27.9 Å². The number of aliphatic hydroxyl groups excluding tert-OH is 1. The molecule has 5 rings (SSSR count). The average Bonchev–Trinajstić information content (AvgIpc) is 3.44. The maximum Gasteiger partial charge on any atom is 0.335 e. The predicted molar refractivity (Wildman–Crippen MR) is 127 cm³/mol. The molecule has 2 unspecified atom stereocenters. The maximum atomic E-state index is 13.6. The summed E-state index contributed by atoms with van der Waals surface area (Å²) in [5.41, 5.74) is 2.22. The molecule has 3 aromatic rings. The molecule has 1 fully saturated rings. The first-order valence-corrected chi connectivity index (χ1v) is 11.7. The molecule has 2 amide bonds. The zero-order valence-corrected chi connectivity index (χ0v) is 19.7. The van der Waals surface area contributed by atoms with Gasteiger partial charge in [-0.25, -0.2) is 22.8 Å². The zero-order valence-electron chi connectivity index (χ0n) is 19.7. The molecule has 9 nitrogen and oxygen atoms in total. The molecular weight excluding hydrogens is 491 g/mol. The lowest BCUT2D eigenvalue weighted by molar-refractivity contribution is 0.0696. The second-order valence-corrected chi connectivity index (χ2v) is 9.31. The number of carbonyl (C=O) groups excluding carboxylic acids is 1. The number of carboxylic acids is 1. The molecular formula is C25H24F3N5O4. The van der Waals surface area contributed by atoms with E-state index in [1.54, 1.807) is 34.8 Å². The number of carbonyl (C=O) groups is 2. The summed E-state index contributed by atoms with van der Waals surface area (Å²) in [6.07, 6.45) is 1.25. The van der Waals surface area contributed by atoms with Crippen molar-refractivity contribution in [3.05, 3.63) is 76.9 Å². The van der Waals surface area contributed by atoms with E-state index < -0.39 is 35.7 Å². The number of aromatic nitrogens is 2. The molecule has 2 aliphatic rings. The summed E-state index contributed by atoms with van der Waals surface area (Å²) in [6, 6.07) is 7.05. The quantitative estimate of drug-likeness (QED) is 0.457. The van der Waals surface area contributed by atoms with Crippen LogP contribution in [-0.4, -0.2) is 55.7 Å². The summed E-state index contributed by atoms with van der Waals surface area (Å²) in [6.45, 7) is 2.74. The van der Waals surface area contributed by atoms with Crippen LogP contribution >= 0.6 is 0 Å². The number of hydrogen-bond donors (Lipinski definition) is 3. The van der Waals surface area contributed by atoms with Gasteiger partial charge in [-0.2, -0.15) is 5.10 Å². The molecule has 0 bridgehead atoms. The molecule has 0 radical (unpaired) electrons. The fourth-order valence-corrected chi connectivity index (χ4v) is 4.94. The van der Waals surface area contributed by atoms with Gasteiger partial charge in [0, 0.05) is 36.7 Å². The highest BCUT2D eigenvalue weighted by Crippen LogP contribution is 2.37. The van der Waals surface area contributed by atoms with Crippen molar-refractivity contribution in [3.63, 3.8) is 0 Å². The van der Waals surface area contributed by atoms with Gasteiger partial charge in [0.1, 0.15) is 6.23 Å². The van der Waals surface area contributed by atoms with Gasteiger partial charge >= 0.3 is 12.0 Å². The molecule has 0 saturated carbocycles. The van der Waals surface area contributed by atoms with Crippen molar-refractivity contribution >= 4 is 23.4 Å². The molecule has 37 heavy (non-hydrogen) atoms. The topological polar surface area (TPSA) is 111 Å². The van der Waals surface area contributed by atoms with Gasteiger partial charge < -0.3 is 25.3 Å². The van der Waals surface area contributed by atoms with E-state index in [1.807, 2.05) is 0 Å². The molecule has 3 heterocycles. The van der Waals surface area contributed by atoms with Crippen LogP contribution in [0.3, 0.4) is 0 Å². The van der Waals surface area contributed by atoms with Gasteiger partial charge in [-0.1, -0.05) is 12.1 Å². The summed E-state index contributed by atoms with van der Waals surface area (Å²) in [5.74, 6) is -5.48. The molecule has 1 aromatic heterocycles. The van der Waals surface area contributed by atoms with Crippen molar-refractivity contribution in [2.45, 2.75) is 44.6 Å². The number of urea groups is 1. The molecule has 2 aliphatic heterocycles. The van der Waals surface area contributed by atoms with Crippen LogP contribution in [0.4, 0.5) is 29.3 Å². The summed E-state index contributed by atoms with van der Waals surface area (Å²) >= 11 is 0. The molecule has 1 saturated heterocycles. The Morgan fingerprint density at radius 1 is 1.08 bits per heavy atom. The van der Waals surface area contributed by atoms with E-state index in [4.69, 9.17) is 5.11 Å². The Kier molecular flexibility index (Phi) is 6.28. The standard InChI is InChI=1S/C25H24F3N5O4/c1-13-10-33-21(12-31(13)25(37)30-17-7-18(26)23(28)19(27)8-17)20(9-29-33)32-11-16(6-22(32)34)14-2-4-15(5-3-14)24(35)36/h2-5,7-9,13,16,22,34H,6,10-12H2,1H3,(H,30,37)(H,35,36)/t13-,16?,22?/m0/s1. The van der Waals surface area contributed by atoms with Gasteiger partial charge in [0.2, 0.25) is 0 Å². The predicted octanol–water partition coefficient (Wildman–Crippen LogP) is 3.75. The van der Waals surface area contributed by atoms with Gasteiger partial charge in [-0.15, -0.1) is 0 Å². The summed E-state index contributed by atoms with van der Waals surface area (Å²) < 4.78 is 42.2. The SMILES string of the molecule is C[C@H]1Cn2ncc(N3CC(c4ccc(C(=O)O)cc4)CC3O)c2CN1C(=O)Nc1cc(F)c(F)c(F)c1. The molecule has 0 aliphatic carbocycles. The van der Waals surface area contributed by atoms with Gasteiger partial charge in [0.05, 0.1) is 42.3 Å². The fraction of sp³-hybridized carbons (Fsp3) is 0.320. The number of nitrogens with zero attached hydrogens (tertiary/aromatic N) is 4. The van der Waals surface area contributed by atoms with E-state index in [0.717, 1.165) is 5.56 Å². The van der Waals surface area contributed by atoms with Crippen LogP contribution in [0.25, 0.3) is 0 Å². The number of hydrogen-bond acceptors (Lipinski definition) is 5. The minimum Gasteiger partial charge on any atom is -0.478 e. The Balaban J connectivity index is 1.33. The van der Waals surface area contributed by atoms with Crippen LogP contribution < -0.4 is 10.2 Å². The molecule has 12 heteroatoms. The number of anilines is 2. The Bertz CT molecular complexity index is 1340. The second-order valence-electron chi connectivity index (χ2n) is 9.31. The van der Waals surface area contributed by atoms with E-state index in [2.05, 4.69) is 10.4 Å². The van der Waals surface area contributed by atoms with Gasteiger partial charge in [0.15, 0.2) is 17.5 Å². The summed E-state index contributed by atoms with van der Waals surface area (Å²) in [7, 11) is 0. The number of aliphatic hydroxyl groups is 1. The van der Waals surface area contributed by atoms with E-state index in [-0.39, 0.29) is 29.8 Å². The monoisotopic (exact) mass is 515 g/mol. The van der Waals surface area contributed by atoms with E-state index in [1.165, 1.54) is 17.0 Å². The van der Waals surface area contributed by atoms with Crippen molar-refractivity contribution in [2.24, 2.45) is 0 Å². The van der Waals surface area contributed by atoms with Crippen LogP contribution in [0, 0.1) is 17.5 Å². The number of fused-ring (bicyclic) bond motifs is 1. The minimum absolute atomic E-state index is 0.0430. The maximum absolute atomic E-state index is 13.6. The van der Waals surface area contributed by atoms with Crippen LogP contribution in [-0.2, 0) is 13.1 Å². The lowest BCUT2D eigenvalue weighted by atomic mass is 9.97. The van der Waals surface area contributed by atoms with Crippen LogP contribution in [0.1, 0.15) is 40.9 Å². The van der Waals surface area contributed by atoms with Crippen molar-refractivity contribution in [2.75, 3.05) is 16.8 Å².